The zero-order chi connectivity index (χ0) is 35.5. The fourth-order valence-electron chi connectivity index (χ4n) is 8.62. The van der Waals surface area contributed by atoms with E-state index < -0.39 is 0 Å². The summed E-state index contributed by atoms with van der Waals surface area (Å²) in [6, 6.07) is 69.0. The van der Waals surface area contributed by atoms with E-state index in [1.165, 1.54) is 75.8 Å². The number of thiophene rings is 1. The largest absolute Gasteiger partial charge is 0.309 e. The molecule has 1 nitrogen and oxygen atoms in total. The molecule has 0 aliphatic heterocycles. The van der Waals surface area contributed by atoms with Gasteiger partial charge in [-0.25, -0.2) is 0 Å². The molecule has 0 amide bonds. The molecule has 8 aromatic carbocycles. The van der Waals surface area contributed by atoms with Gasteiger partial charge in [-0.15, -0.1) is 11.3 Å². The van der Waals surface area contributed by atoms with Gasteiger partial charge in [0.25, 0.3) is 0 Å². The fraction of sp³-hybridized carbons (Fsp3) is 0.0588. The Kier molecular flexibility index (Phi) is 7.42. The first-order valence-electron chi connectivity index (χ1n) is 18.4. The molecular weight excluding hydrogens is 659 g/mol. The van der Waals surface area contributed by atoms with Crippen molar-refractivity contribution >= 4 is 48.6 Å². The van der Waals surface area contributed by atoms with Crippen LogP contribution in [0.1, 0.15) is 25.0 Å². The standard InChI is InChI=1S/C51H37NS/c1-51(2)43-24-10-6-20-41(43)49-40(23-14-25-44(49)51)39-19-8-12-27-46(39)52(45-26-11-7-18-37(45)34-16-4-3-5-17-34)36-32-30-35(31-33-36)38-22-15-29-48-50(38)42-21-9-13-28-47(42)53-48/h3-33H,1-2H3. The van der Waals surface area contributed by atoms with Crippen LogP contribution in [0.4, 0.5) is 17.1 Å². The van der Waals surface area contributed by atoms with E-state index in [2.05, 4.69) is 207 Å². The molecule has 0 unspecified atom stereocenters. The first-order chi connectivity index (χ1) is 26.1. The highest BCUT2D eigenvalue weighted by atomic mass is 32.1. The molecule has 1 aliphatic rings. The maximum atomic E-state index is 2.47. The molecular formula is C51H37NS. The molecule has 0 bridgehead atoms. The van der Waals surface area contributed by atoms with Gasteiger partial charge in [-0.1, -0.05) is 166 Å². The summed E-state index contributed by atoms with van der Waals surface area (Å²) in [6.07, 6.45) is 0. The summed E-state index contributed by atoms with van der Waals surface area (Å²) in [5, 5.41) is 2.65. The van der Waals surface area contributed by atoms with E-state index in [-0.39, 0.29) is 5.41 Å². The van der Waals surface area contributed by atoms with Gasteiger partial charge >= 0.3 is 0 Å². The Morgan fingerprint density at radius 1 is 0.396 bits per heavy atom. The average molecular weight is 696 g/mol. The van der Waals surface area contributed by atoms with E-state index in [0.29, 0.717) is 0 Å². The first kappa shape index (κ1) is 31.5. The number of benzene rings is 8. The molecule has 0 spiro atoms. The second kappa shape index (κ2) is 12.5. The number of hydrogen-bond donors (Lipinski definition) is 0. The SMILES string of the molecule is CC1(C)c2ccccc2-c2c(-c3ccccc3N(c3ccc(-c4cccc5sc6ccccc6c45)cc3)c3ccccc3-c3ccccc3)cccc21. The van der Waals surface area contributed by atoms with Crippen LogP contribution in [-0.2, 0) is 5.41 Å². The molecule has 9 aromatic rings. The van der Waals surface area contributed by atoms with Gasteiger partial charge in [0.15, 0.2) is 0 Å². The summed E-state index contributed by atoms with van der Waals surface area (Å²) in [5.41, 5.74) is 16.1. The lowest BCUT2D eigenvalue weighted by Crippen LogP contribution is -2.15. The fourth-order valence-corrected chi connectivity index (χ4v) is 9.75. The van der Waals surface area contributed by atoms with Gasteiger partial charge in [-0.2, -0.15) is 0 Å². The highest BCUT2D eigenvalue weighted by molar-refractivity contribution is 7.25. The van der Waals surface area contributed by atoms with Crippen LogP contribution in [0.5, 0.6) is 0 Å². The lowest BCUT2D eigenvalue weighted by molar-refractivity contribution is 0.660. The van der Waals surface area contributed by atoms with Crippen LogP contribution in [0, 0.1) is 0 Å². The van der Waals surface area contributed by atoms with Crippen molar-refractivity contribution in [3.05, 3.63) is 199 Å². The Bertz CT molecular complexity index is 2810. The molecule has 252 valence electrons. The summed E-state index contributed by atoms with van der Waals surface area (Å²) in [6.45, 7) is 4.72. The molecule has 0 atom stereocenters. The number of anilines is 3. The third-order valence-electron chi connectivity index (χ3n) is 11.1. The Labute approximate surface area is 315 Å². The van der Waals surface area contributed by atoms with E-state index >= 15 is 0 Å². The predicted octanol–water partition coefficient (Wildman–Crippen LogP) is 14.8. The van der Waals surface area contributed by atoms with E-state index in [4.69, 9.17) is 0 Å². The molecule has 10 rings (SSSR count). The Morgan fingerprint density at radius 3 is 1.75 bits per heavy atom. The van der Waals surface area contributed by atoms with Gasteiger partial charge in [0, 0.05) is 42.4 Å². The van der Waals surface area contributed by atoms with Gasteiger partial charge in [0.05, 0.1) is 11.4 Å². The van der Waals surface area contributed by atoms with Crippen LogP contribution in [0.2, 0.25) is 0 Å². The van der Waals surface area contributed by atoms with E-state index in [9.17, 15) is 0 Å². The number of para-hydroxylation sites is 2. The van der Waals surface area contributed by atoms with Crippen molar-refractivity contribution in [3.63, 3.8) is 0 Å². The summed E-state index contributed by atoms with van der Waals surface area (Å²) >= 11 is 1.87. The van der Waals surface area contributed by atoms with Gasteiger partial charge in [-0.05, 0) is 80.9 Å². The van der Waals surface area contributed by atoms with Gasteiger partial charge in [0.1, 0.15) is 0 Å². The summed E-state index contributed by atoms with van der Waals surface area (Å²) in [7, 11) is 0. The molecule has 0 radical (unpaired) electrons. The van der Waals surface area contributed by atoms with Crippen molar-refractivity contribution in [1.29, 1.82) is 0 Å². The second-order valence-corrected chi connectivity index (χ2v) is 15.5. The molecule has 1 aliphatic carbocycles. The molecule has 1 aromatic heterocycles. The normalized spacial score (nSPS) is 12.9. The smallest absolute Gasteiger partial charge is 0.0540 e. The Morgan fingerprint density at radius 2 is 0.943 bits per heavy atom. The van der Waals surface area contributed by atoms with Crippen molar-refractivity contribution < 1.29 is 0 Å². The molecule has 0 saturated heterocycles. The minimum Gasteiger partial charge on any atom is -0.309 e. The van der Waals surface area contributed by atoms with Crippen LogP contribution in [0.3, 0.4) is 0 Å². The minimum atomic E-state index is -0.0804. The van der Waals surface area contributed by atoms with Crippen molar-refractivity contribution in [2.24, 2.45) is 0 Å². The zero-order valence-corrected chi connectivity index (χ0v) is 30.6. The third-order valence-corrected chi connectivity index (χ3v) is 12.2. The number of hydrogen-bond acceptors (Lipinski definition) is 2. The van der Waals surface area contributed by atoms with Gasteiger partial charge in [-0.3, -0.25) is 0 Å². The van der Waals surface area contributed by atoms with Crippen LogP contribution in [0.25, 0.3) is 64.7 Å². The van der Waals surface area contributed by atoms with Crippen molar-refractivity contribution in [2.45, 2.75) is 19.3 Å². The van der Waals surface area contributed by atoms with Crippen LogP contribution in [-0.4, -0.2) is 0 Å². The highest BCUT2D eigenvalue weighted by Gasteiger charge is 2.37. The molecule has 1 heterocycles. The maximum Gasteiger partial charge on any atom is 0.0540 e. The molecule has 0 fully saturated rings. The quantitative estimate of drug-likeness (QED) is 0.167. The molecule has 53 heavy (non-hydrogen) atoms. The van der Waals surface area contributed by atoms with Crippen molar-refractivity contribution in [3.8, 4) is 44.5 Å². The highest BCUT2D eigenvalue weighted by Crippen LogP contribution is 2.54. The minimum absolute atomic E-state index is 0.0804. The van der Waals surface area contributed by atoms with E-state index in [1.807, 2.05) is 11.3 Å². The maximum absolute atomic E-state index is 2.47. The summed E-state index contributed by atoms with van der Waals surface area (Å²) in [5.74, 6) is 0. The lowest BCUT2D eigenvalue weighted by atomic mass is 9.82. The number of nitrogens with zero attached hydrogens (tertiary/aromatic N) is 1. The topological polar surface area (TPSA) is 3.24 Å². The third kappa shape index (κ3) is 5.05. The number of rotatable bonds is 6. The molecule has 2 heteroatoms. The monoisotopic (exact) mass is 695 g/mol. The molecule has 0 saturated carbocycles. The van der Waals surface area contributed by atoms with Crippen LogP contribution >= 0.6 is 11.3 Å². The summed E-state index contributed by atoms with van der Waals surface area (Å²) < 4.78 is 2.64. The molecule has 0 N–H and O–H groups in total. The van der Waals surface area contributed by atoms with Gasteiger partial charge < -0.3 is 4.90 Å². The van der Waals surface area contributed by atoms with Crippen LogP contribution < -0.4 is 4.90 Å². The van der Waals surface area contributed by atoms with E-state index in [1.54, 1.807) is 0 Å². The van der Waals surface area contributed by atoms with Crippen molar-refractivity contribution in [1.82, 2.24) is 0 Å². The Balaban J connectivity index is 1.19. The second-order valence-electron chi connectivity index (χ2n) is 14.5. The Hall–Kier alpha value is -6.22. The average Bonchev–Trinajstić information content (AvgIpc) is 3.71. The van der Waals surface area contributed by atoms with E-state index in [0.717, 1.165) is 17.1 Å². The zero-order valence-electron chi connectivity index (χ0n) is 29.8. The first-order valence-corrected chi connectivity index (χ1v) is 19.2. The van der Waals surface area contributed by atoms with Gasteiger partial charge in [0.2, 0.25) is 0 Å². The number of fused-ring (bicyclic) bond motifs is 6. The lowest BCUT2D eigenvalue weighted by Gasteiger charge is -2.30. The van der Waals surface area contributed by atoms with Crippen LogP contribution in [0.15, 0.2) is 188 Å². The summed E-state index contributed by atoms with van der Waals surface area (Å²) in [4.78, 5) is 2.47. The predicted molar refractivity (Wildman–Crippen MR) is 228 cm³/mol. The van der Waals surface area contributed by atoms with Crippen molar-refractivity contribution in [2.75, 3.05) is 4.90 Å².